The van der Waals surface area contributed by atoms with Crippen molar-refractivity contribution in [2.45, 2.75) is 5.37 Å². The molecule has 8 heavy (non-hydrogen) atoms. The van der Waals surface area contributed by atoms with Crippen molar-refractivity contribution in [1.29, 1.82) is 0 Å². The summed E-state index contributed by atoms with van der Waals surface area (Å²) in [5, 5.41) is 0.439. The zero-order chi connectivity index (χ0) is 5.56. The first kappa shape index (κ1) is 5.26. The van der Waals surface area contributed by atoms with Gasteiger partial charge in [0.25, 0.3) is 0 Å². The smallest absolute Gasteiger partial charge is 0.121 e. The molecule has 0 aromatic rings. The summed E-state index contributed by atoms with van der Waals surface area (Å²) in [5.74, 6) is 2.26. The van der Waals surface area contributed by atoms with E-state index in [0.29, 0.717) is 5.37 Å². The second-order valence-electron chi connectivity index (χ2n) is 1.95. The summed E-state index contributed by atoms with van der Waals surface area (Å²) in [7, 11) is -0.562. The molecule has 2 saturated heterocycles. The van der Waals surface area contributed by atoms with Gasteiger partial charge in [-0.3, -0.25) is 0 Å². The van der Waals surface area contributed by atoms with Crippen LogP contribution in [0.15, 0.2) is 0 Å². The fraction of sp³-hybridized carbons (Fsp3) is 1.00. The zero-order valence-electron chi connectivity index (χ0n) is 4.37. The summed E-state index contributed by atoms with van der Waals surface area (Å²) in [5.41, 5.74) is 0. The molecule has 2 heterocycles. The van der Waals surface area contributed by atoms with Gasteiger partial charge in [-0.25, -0.2) is 8.51 Å². The highest BCUT2D eigenvalue weighted by atomic mass is 32.2. The molecule has 4 heteroatoms. The van der Waals surface area contributed by atoms with Gasteiger partial charge in [0.05, 0.1) is 0 Å². The predicted molar refractivity (Wildman–Crippen MR) is 36.0 cm³/mol. The van der Waals surface area contributed by atoms with Crippen LogP contribution in [0.3, 0.4) is 0 Å². The first-order valence-electron chi connectivity index (χ1n) is 2.64. The molecule has 0 radical (unpaired) electrons. The molecular formula is C4H7NOS2. The van der Waals surface area contributed by atoms with Gasteiger partial charge in [-0.15, -0.1) is 0 Å². The van der Waals surface area contributed by atoms with Gasteiger partial charge in [-0.2, -0.15) is 11.8 Å². The van der Waals surface area contributed by atoms with Crippen LogP contribution in [-0.2, 0) is 11.0 Å². The van der Waals surface area contributed by atoms with E-state index in [9.17, 15) is 4.21 Å². The molecule has 2 rings (SSSR count). The molecule has 0 aliphatic carbocycles. The van der Waals surface area contributed by atoms with E-state index >= 15 is 0 Å². The standard InChI is InChI=1S/C4H7NOS2/c6-8-4-3-7-2-1-5(4)8/h4H,1-3H2. The van der Waals surface area contributed by atoms with E-state index in [2.05, 4.69) is 4.31 Å². The highest BCUT2D eigenvalue weighted by Crippen LogP contribution is 2.32. The molecular weight excluding hydrogens is 142 g/mol. The summed E-state index contributed by atoms with van der Waals surface area (Å²) < 4.78 is 12.8. The molecule has 0 aromatic heterocycles. The number of hydrogen-bond donors (Lipinski definition) is 0. The number of hydrogen-bond acceptors (Lipinski definition) is 2. The van der Waals surface area contributed by atoms with Crippen molar-refractivity contribution >= 4 is 22.7 Å². The molecule has 0 N–H and O–H groups in total. The number of nitrogens with zero attached hydrogens (tertiary/aromatic N) is 1. The zero-order valence-corrected chi connectivity index (χ0v) is 6.00. The van der Waals surface area contributed by atoms with Gasteiger partial charge < -0.3 is 0 Å². The Morgan fingerprint density at radius 1 is 1.75 bits per heavy atom. The third-order valence-corrected chi connectivity index (χ3v) is 4.26. The van der Waals surface area contributed by atoms with Gasteiger partial charge in [-0.1, -0.05) is 0 Å². The Morgan fingerprint density at radius 3 is 3.12 bits per heavy atom. The average molecular weight is 149 g/mol. The molecule has 2 aliphatic heterocycles. The maximum absolute atomic E-state index is 10.7. The summed E-state index contributed by atoms with van der Waals surface area (Å²) in [4.78, 5) is 0. The molecule has 2 nitrogen and oxygen atoms in total. The van der Waals surface area contributed by atoms with E-state index in [1.807, 2.05) is 11.8 Å². The van der Waals surface area contributed by atoms with Crippen LogP contribution in [-0.4, -0.2) is 31.9 Å². The maximum Gasteiger partial charge on any atom is 0.121 e. The van der Waals surface area contributed by atoms with Crippen LogP contribution in [0, 0.1) is 0 Å². The molecule has 3 atom stereocenters. The summed E-state index contributed by atoms with van der Waals surface area (Å²) in [6.07, 6.45) is 0. The summed E-state index contributed by atoms with van der Waals surface area (Å²) in [6, 6.07) is 0. The first-order valence-corrected chi connectivity index (χ1v) is 4.97. The molecule has 3 unspecified atom stereocenters. The second-order valence-corrected chi connectivity index (χ2v) is 4.66. The normalized spacial score (nSPS) is 52.8. The van der Waals surface area contributed by atoms with E-state index < -0.39 is 11.0 Å². The van der Waals surface area contributed by atoms with Crippen molar-refractivity contribution in [2.75, 3.05) is 18.1 Å². The minimum Gasteiger partial charge on any atom is -0.241 e. The van der Waals surface area contributed by atoms with Crippen molar-refractivity contribution in [3.05, 3.63) is 0 Å². The second kappa shape index (κ2) is 1.72. The fourth-order valence-electron chi connectivity index (χ4n) is 0.921. The molecule has 0 bridgehead atoms. The van der Waals surface area contributed by atoms with Crippen LogP contribution in [0.4, 0.5) is 0 Å². The molecule has 0 aromatic carbocycles. The Morgan fingerprint density at radius 2 is 2.62 bits per heavy atom. The van der Waals surface area contributed by atoms with E-state index in [1.54, 1.807) is 0 Å². The minimum atomic E-state index is -0.562. The van der Waals surface area contributed by atoms with Crippen molar-refractivity contribution in [1.82, 2.24) is 4.31 Å². The Bertz CT molecular complexity index is 124. The van der Waals surface area contributed by atoms with Gasteiger partial charge in [0.15, 0.2) is 0 Å². The maximum atomic E-state index is 10.7. The Hall–Kier alpha value is 0.460. The molecule has 0 saturated carbocycles. The number of rotatable bonds is 0. The van der Waals surface area contributed by atoms with Gasteiger partial charge in [0, 0.05) is 18.1 Å². The van der Waals surface area contributed by atoms with Crippen LogP contribution in [0.5, 0.6) is 0 Å². The van der Waals surface area contributed by atoms with Gasteiger partial charge >= 0.3 is 0 Å². The average Bonchev–Trinajstić information content (AvgIpc) is 2.46. The Labute approximate surface area is 55.2 Å². The predicted octanol–water partition coefficient (Wildman–Crippen LogP) is 0.0386. The Balaban J connectivity index is 2.07. The third kappa shape index (κ3) is 0.632. The summed E-state index contributed by atoms with van der Waals surface area (Å²) >= 11 is 1.91. The lowest BCUT2D eigenvalue weighted by atomic mass is 10.6. The van der Waals surface area contributed by atoms with E-state index in [-0.39, 0.29) is 0 Å². The quantitative estimate of drug-likeness (QED) is 0.453. The van der Waals surface area contributed by atoms with E-state index in [1.165, 1.54) is 5.75 Å². The number of thioether (sulfide) groups is 1. The minimum absolute atomic E-state index is 0.439. The monoisotopic (exact) mass is 149 g/mol. The highest BCUT2D eigenvalue weighted by Gasteiger charge is 2.46. The highest BCUT2D eigenvalue weighted by molar-refractivity contribution is 8.01. The van der Waals surface area contributed by atoms with Gasteiger partial charge in [0.2, 0.25) is 0 Å². The Kier molecular flexibility index (Phi) is 1.13. The van der Waals surface area contributed by atoms with E-state index in [0.717, 1.165) is 12.3 Å². The molecule has 2 fully saturated rings. The van der Waals surface area contributed by atoms with Crippen LogP contribution in [0.1, 0.15) is 0 Å². The molecule has 46 valence electrons. The van der Waals surface area contributed by atoms with E-state index in [4.69, 9.17) is 0 Å². The van der Waals surface area contributed by atoms with Gasteiger partial charge in [0.1, 0.15) is 16.4 Å². The molecule has 2 aliphatic rings. The van der Waals surface area contributed by atoms with Crippen molar-refractivity contribution < 1.29 is 4.21 Å². The number of fused-ring (bicyclic) bond motifs is 1. The van der Waals surface area contributed by atoms with Crippen LogP contribution in [0.25, 0.3) is 0 Å². The van der Waals surface area contributed by atoms with Crippen molar-refractivity contribution in [3.63, 3.8) is 0 Å². The largest absolute Gasteiger partial charge is 0.241 e. The van der Waals surface area contributed by atoms with Crippen molar-refractivity contribution in [2.24, 2.45) is 0 Å². The lowest BCUT2D eigenvalue weighted by molar-refractivity contribution is 0.578. The fourth-order valence-corrected chi connectivity index (χ4v) is 3.73. The van der Waals surface area contributed by atoms with Crippen LogP contribution >= 0.6 is 11.8 Å². The lowest BCUT2D eigenvalue weighted by Gasteiger charge is -2.04. The topological polar surface area (TPSA) is 20.1 Å². The SMILES string of the molecule is O=S1C2CSCCN21. The summed E-state index contributed by atoms with van der Waals surface area (Å²) in [6.45, 7) is 1.04. The lowest BCUT2D eigenvalue weighted by Crippen LogP contribution is -2.13. The first-order chi connectivity index (χ1) is 3.89. The van der Waals surface area contributed by atoms with Crippen LogP contribution < -0.4 is 0 Å². The molecule has 0 spiro atoms. The van der Waals surface area contributed by atoms with Crippen LogP contribution in [0.2, 0.25) is 0 Å². The van der Waals surface area contributed by atoms with Crippen molar-refractivity contribution in [3.8, 4) is 0 Å². The molecule has 0 amide bonds. The third-order valence-electron chi connectivity index (χ3n) is 1.46. The van der Waals surface area contributed by atoms with Gasteiger partial charge in [-0.05, 0) is 0 Å².